The molecule has 1 heteroatoms. The fourth-order valence-corrected chi connectivity index (χ4v) is 8.58. The standard InChI is InChI=1S/C26H43N/c1-3-5-6-15-26(18-27)16-14-22-20(17-26)10-11-25-23-9-7-8-19(4-2)21(23)12-13-24(22)25/h19-25H,3-17H2,1-2H3. The maximum atomic E-state index is 10.0. The molecule has 4 aliphatic carbocycles. The average molecular weight is 370 g/mol. The van der Waals surface area contributed by atoms with E-state index in [1.54, 1.807) is 6.42 Å². The van der Waals surface area contributed by atoms with E-state index < -0.39 is 0 Å². The summed E-state index contributed by atoms with van der Waals surface area (Å²) in [5, 5.41) is 10.0. The SMILES string of the molecule is CCCCCC1(C#N)CCC2C(CCC3C4CCCC(CC)C4CCC23)C1. The van der Waals surface area contributed by atoms with Crippen LogP contribution in [0.3, 0.4) is 0 Å². The normalized spacial score (nSPS) is 46.6. The van der Waals surface area contributed by atoms with E-state index >= 15 is 0 Å². The summed E-state index contributed by atoms with van der Waals surface area (Å²) in [5.74, 6) is 7.09. The molecule has 152 valence electrons. The maximum absolute atomic E-state index is 10.0. The molecule has 0 saturated heterocycles. The van der Waals surface area contributed by atoms with Gasteiger partial charge in [-0.1, -0.05) is 52.4 Å². The van der Waals surface area contributed by atoms with Crippen molar-refractivity contribution in [1.29, 1.82) is 5.26 Å². The molecule has 0 bridgehead atoms. The van der Waals surface area contributed by atoms with Crippen LogP contribution < -0.4 is 0 Å². The summed E-state index contributed by atoms with van der Waals surface area (Å²) in [6, 6.07) is 2.84. The summed E-state index contributed by atoms with van der Waals surface area (Å²) in [7, 11) is 0. The van der Waals surface area contributed by atoms with E-state index in [9.17, 15) is 5.26 Å². The quantitative estimate of drug-likeness (QED) is 0.454. The Kier molecular flexibility index (Phi) is 6.21. The maximum Gasteiger partial charge on any atom is 0.0689 e. The van der Waals surface area contributed by atoms with Gasteiger partial charge in [0.15, 0.2) is 0 Å². The molecule has 4 fully saturated rings. The van der Waals surface area contributed by atoms with E-state index in [4.69, 9.17) is 0 Å². The Bertz CT molecular complexity index is 533. The second-order valence-electron chi connectivity index (χ2n) is 10.9. The number of fused-ring (bicyclic) bond motifs is 5. The Morgan fingerprint density at radius 2 is 1.56 bits per heavy atom. The molecule has 0 amide bonds. The minimum absolute atomic E-state index is 0.0402. The lowest BCUT2D eigenvalue weighted by Gasteiger charge is -2.57. The lowest BCUT2D eigenvalue weighted by Crippen LogP contribution is -2.49. The van der Waals surface area contributed by atoms with Gasteiger partial charge in [-0.15, -0.1) is 0 Å². The van der Waals surface area contributed by atoms with Gasteiger partial charge in [-0.05, 0) is 99.2 Å². The predicted molar refractivity (Wildman–Crippen MR) is 113 cm³/mol. The molecular weight excluding hydrogens is 326 g/mol. The van der Waals surface area contributed by atoms with Crippen molar-refractivity contribution in [2.45, 2.75) is 110 Å². The minimum Gasteiger partial charge on any atom is -0.198 e. The molecule has 8 atom stereocenters. The van der Waals surface area contributed by atoms with Gasteiger partial charge in [0, 0.05) is 0 Å². The average Bonchev–Trinajstić information content (AvgIpc) is 2.72. The smallest absolute Gasteiger partial charge is 0.0689 e. The molecule has 0 aromatic heterocycles. The summed E-state index contributed by atoms with van der Waals surface area (Å²) in [6.07, 6.45) is 20.9. The zero-order chi connectivity index (χ0) is 18.9. The number of nitrogens with zero attached hydrogens (tertiary/aromatic N) is 1. The molecule has 0 aromatic rings. The summed E-state index contributed by atoms with van der Waals surface area (Å²) in [6.45, 7) is 4.72. The number of unbranched alkanes of at least 4 members (excludes halogenated alkanes) is 2. The van der Waals surface area contributed by atoms with Gasteiger partial charge in [-0.25, -0.2) is 0 Å². The van der Waals surface area contributed by atoms with E-state index in [1.165, 1.54) is 89.9 Å². The molecule has 0 radical (unpaired) electrons. The largest absolute Gasteiger partial charge is 0.198 e. The number of nitriles is 1. The Labute approximate surface area is 168 Å². The molecule has 0 aliphatic heterocycles. The van der Waals surface area contributed by atoms with Gasteiger partial charge in [-0.2, -0.15) is 5.26 Å². The van der Waals surface area contributed by atoms with Crippen molar-refractivity contribution in [2.75, 3.05) is 0 Å². The highest BCUT2D eigenvalue weighted by Gasteiger charge is 2.52. The van der Waals surface area contributed by atoms with Crippen molar-refractivity contribution in [1.82, 2.24) is 0 Å². The predicted octanol–water partition coefficient (Wildman–Crippen LogP) is 7.76. The molecule has 0 heterocycles. The highest BCUT2D eigenvalue weighted by atomic mass is 14.6. The van der Waals surface area contributed by atoms with Gasteiger partial charge in [-0.3, -0.25) is 0 Å². The van der Waals surface area contributed by atoms with Crippen molar-refractivity contribution in [2.24, 2.45) is 46.8 Å². The van der Waals surface area contributed by atoms with E-state index in [-0.39, 0.29) is 5.41 Å². The van der Waals surface area contributed by atoms with Crippen LogP contribution in [-0.2, 0) is 0 Å². The Balaban J connectivity index is 1.43. The zero-order valence-corrected chi connectivity index (χ0v) is 18.1. The van der Waals surface area contributed by atoms with Crippen LogP contribution in [-0.4, -0.2) is 0 Å². The fraction of sp³-hybridized carbons (Fsp3) is 0.962. The third-order valence-corrected chi connectivity index (χ3v) is 9.86. The van der Waals surface area contributed by atoms with Crippen LogP contribution in [0, 0.1) is 58.2 Å². The Hall–Kier alpha value is -0.510. The fourth-order valence-electron chi connectivity index (χ4n) is 8.58. The summed E-state index contributed by atoms with van der Waals surface area (Å²) in [4.78, 5) is 0. The van der Waals surface area contributed by atoms with Crippen molar-refractivity contribution in [3.05, 3.63) is 0 Å². The molecule has 4 rings (SSSR count). The van der Waals surface area contributed by atoms with E-state index in [1.807, 2.05) is 0 Å². The molecule has 4 aliphatic rings. The highest BCUT2D eigenvalue weighted by Crippen LogP contribution is 2.60. The first-order chi connectivity index (χ1) is 13.2. The monoisotopic (exact) mass is 369 g/mol. The molecule has 27 heavy (non-hydrogen) atoms. The van der Waals surface area contributed by atoms with E-state index in [0.717, 1.165) is 41.4 Å². The van der Waals surface area contributed by atoms with E-state index in [2.05, 4.69) is 19.9 Å². The van der Waals surface area contributed by atoms with Crippen LogP contribution in [0.15, 0.2) is 0 Å². The second kappa shape index (κ2) is 8.47. The lowest BCUT2D eigenvalue weighted by molar-refractivity contribution is -0.0711. The van der Waals surface area contributed by atoms with Gasteiger partial charge in [0.05, 0.1) is 11.5 Å². The van der Waals surface area contributed by atoms with Gasteiger partial charge in [0.25, 0.3) is 0 Å². The van der Waals surface area contributed by atoms with Crippen LogP contribution in [0.25, 0.3) is 0 Å². The molecule has 8 unspecified atom stereocenters. The van der Waals surface area contributed by atoms with Crippen LogP contribution in [0.4, 0.5) is 0 Å². The molecule has 0 spiro atoms. The van der Waals surface area contributed by atoms with Gasteiger partial charge in [0.2, 0.25) is 0 Å². The zero-order valence-electron chi connectivity index (χ0n) is 18.1. The third-order valence-electron chi connectivity index (χ3n) is 9.86. The number of hydrogen-bond donors (Lipinski definition) is 0. The van der Waals surface area contributed by atoms with Crippen LogP contribution in [0.2, 0.25) is 0 Å². The highest BCUT2D eigenvalue weighted by molar-refractivity contribution is 5.07. The molecular formula is C26H43N. The topological polar surface area (TPSA) is 23.8 Å². The number of hydrogen-bond acceptors (Lipinski definition) is 1. The van der Waals surface area contributed by atoms with Crippen molar-refractivity contribution in [3.63, 3.8) is 0 Å². The first kappa shape index (κ1) is 19.8. The summed E-state index contributed by atoms with van der Waals surface area (Å²) < 4.78 is 0. The lowest BCUT2D eigenvalue weighted by atomic mass is 9.48. The van der Waals surface area contributed by atoms with Crippen molar-refractivity contribution >= 4 is 0 Å². The molecule has 4 saturated carbocycles. The van der Waals surface area contributed by atoms with Gasteiger partial charge in [0.1, 0.15) is 0 Å². The van der Waals surface area contributed by atoms with Crippen LogP contribution in [0.5, 0.6) is 0 Å². The van der Waals surface area contributed by atoms with Gasteiger partial charge < -0.3 is 0 Å². The van der Waals surface area contributed by atoms with E-state index in [0.29, 0.717) is 0 Å². The second-order valence-corrected chi connectivity index (χ2v) is 10.9. The Morgan fingerprint density at radius 3 is 2.33 bits per heavy atom. The first-order valence-corrected chi connectivity index (χ1v) is 12.6. The summed E-state index contributed by atoms with van der Waals surface area (Å²) in [5.41, 5.74) is 0.0402. The minimum atomic E-state index is 0.0402. The van der Waals surface area contributed by atoms with Gasteiger partial charge >= 0.3 is 0 Å². The first-order valence-electron chi connectivity index (χ1n) is 12.6. The number of rotatable bonds is 5. The molecule has 1 nitrogen and oxygen atoms in total. The Morgan fingerprint density at radius 1 is 0.815 bits per heavy atom. The van der Waals surface area contributed by atoms with Crippen molar-refractivity contribution in [3.8, 4) is 6.07 Å². The van der Waals surface area contributed by atoms with Crippen LogP contribution >= 0.6 is 0 Å². The van der Waals surface area contributed by atoms with Crippen molar-refractivity contribution < 1.29 is 0 Å². The summed E-state index contributed by atoms with van der Waals surface area (Å²) >= 11 is 0. The molecule has 0 N–H and O–H groups in total. The molecule has 0 aromatic carbocycles. The third kappa shape index (κ3) is 3.72. The van der Waals surface area contributed by atoms with Crippen LogP contribution in [0.1, 0.15) is 110 Å².